The molecule has 2 aliphatic rings. The molecular formula is C31H27ClFN3OS. The summed E-state index contributed by atoms with van der Waals surface area (Å²) in [6.45, 7) is 4.06. The van der Waals surface area contributed by atoms with Crippen molar-refractivity contribution in [3.05, 3.63) is 116 Å². The number of carbonyl (C=O) groups excluding carboxylic acids is 1. The number of nitrogens with two attached hydrogens (primary N) is 1. The van der Waals surface area contributed by atoms with Crippen LogP contribution in [0.25, 0.3) is 0 Å². The van der Waals surface area contributed by atoms with Gasteiger partial charge in [0.1, 0.15) is 11.6 Å². The second-order valence-corrected chi connectivity index (χ2v) is 11.2. The van der Waals surface area contributed by atoms with Crippen LogP contribution in [0.15, 0.2) is 88.2 Å². The lowest BCUT2D eigenvalue weighted by atomic mass is 9.73. The highest BCUT2D eigenvalue weighted by atomic mass is 35.5. The van der Waals surface area contributed by atoms with Crippen LogP contribution in [-0.4, -0.2) is 5.78 Å². The van der Waals surface area contributed by atoms with E-state index in [4.69, 9.17) is 17.3 Å². The first-order chi connectivity index (χ1) is 18.3. The Balaban J connectivity index is 1.62. The summed E-state index contributed by atoms with van der Waals surface area (Å²) in [5.41, 5.74) is 13.5. The van der Waals surface area contributed by atoms with Crippen LogP contribution < -0.4 is 10.6 Å². The molecule has 0 bridgehead atoms. The van der Waals surface area contributed by atoms with E-state index in [9.17, 15) is 14.4 Å². The number of allylic oxidation sites excluding steroid dienone is 3. The van der Waals surface area contributed by atoms with Gasteiger partial charge in [-0.3, -0.25) is 9.69 Å². The number of aryl methyl sites for hydroxylation is 1. The minimum atomic E-state index is -0.527. The molecule has 1 aliphatic carbocycles. The first kappa shape index (κ1) is 26.1. The van der Waals surface area contributed by atoms with Crippen molar-refractivity contribution in [2.75, 3.05) is 4.90 Å². The third-order valence-corrected chi connectivity index (χ3v) is 8.53. The molecule has 0 aromatic heterocycles. The van der Waals surface area contributed by atoms with Crippen LogP contribution in [0.4, 0.5) is 10.1 Å². The number of hydrogen-bond donors (Lipinski definition) is 1. The van der Waals surface area contributed by atoms with E-state index in [2.05, 4.69) is 18.2 Å². The summed E-state index contributed by atoms with van der Waals surface area (Å²) in [4.78, 5) is 16.3. The van der Waals surface area contributed by atoms with Crippen molar-refractivity contribution >= 4 is 34.8 Å². The molecule has 1 atom stereocenters. The summed E-state index contributed by atoms with van der Waals surface area (Å²) in [6, 6.07) is 20.3. The number of carbonyl (C=O) groups is 1. The third kappa shape index (κ3) is 4.84. The lowest BCUT2D eigenvalue weighted by molar-refractivity contribution is -0.116. The SMILES string of the molecule is Cc1cc(CSc2ccc(F)cc2)c(C)c(C2C(C#N)=C(N)N(c3ccc(Cl)cc3)C3=C2C(=O)CCC3)c1. The molecule has 4 nitrogen and oxygen atoms in total. The minimum Gasteiger partial charge on any atom is -0.384 e. The van der Waals surface area contributed by atoms with E-state index in [0.29, 0.717) is 40.6 Å². The molecule has 0 spiro atoms. The molecule has 192 valence electrons. The van der Waals surface area contributed by atoms with Gasteiger partial charge in [-0.1, -0.05) is 29.3 Å². The van der Waals surface area contributed by atoms with Crippen molar-refractivity contribution in [2.45, 2.75) is 49.7 Å². The Labute approximate surface area is 231 Å². The average molecular weight is 544 g/mol. The van der Waals surface area contributed by atoms with E-state index in [1.165, 1.54) is 12.1 Å². The summed E-state index contributed by atoms with van der Waals surface area (Å²) >= 11 is 7.75. The highest BCUT2D eigenvalue weighted by Gasteiger charge is 2.41. The summed E-state index contributed by atoms with van der Waals surface area (Å²) in [5.74, 6) is 0.287. The Hall–Kier alpha value is -3.53. The molecule has 0 amide bonds. The van der Waals surface area contributed by atoms with Crippen molar-refractivity contribution in [1.29, 1.82) is 5.26 Å². The highest BCUT2D eigenvalue weighted by molar-refractivity contribution is 7.98. The fourth-order valence-corrected chi connectivity index (χ4v) is 6.46. The minimum absolute atomic E-state index is 0.0543. The number of nitrogens with zero attached hydrogens (tertiary/aromatic N) is 2. The molecular weight excluding hydrogens is 517 g/mol. The molecule has 0 saturated heterocycles. The van der Waals surface area contributed by atoms with Crippen LogP contribution in [0.3, 0.4) is 0 Å². The molecule has 2 N–H and O–H groups in total. The van der Waals surface area contributed by atoms with Gasteiger partial charge in [-0.2, -0.15) is 5.26 Å². The number of halogens is 2. The molecule has 38 heavy (non-hydrogen) atoms. The monoisotopic (exact) mass is 543 g/mol. The van der Waals surface area contributed by atoms with Gasteiger partial charge < -0.3 is 5.73 Å². The van der Waals surface area contributed by atoms with Crippen LogP contribution in [-0.2, 0) is 10.5 Å². The zero-order valence-corrected chi connectivity index (χ0v) is 22.8. The predicted octanol–water partition coefficient (Wildman–Crippen LogP) is 7.69. The maximum absolute atomic E-state index is 13.5. The number of rotatable bonds is 5. The van der Waals surface area contributed by atoms with E-state index in [-0.39, 0.29) is 11.6 Å². The van der Waals surface area contributed by atoms with Crippen molar-refractivity contribution in [3.8, 4) is 6.07 Å². The van der Waals surface area contributed by atoms with Gasteiger partial charge in [0.2, 0.25) is 0 Å². The van der Waals surface area contributed by atoms with Crippen molar-refractivity contribution < 1.29 is 9.18 Å². The average Bonchev–Trinajstić information content (AvgIpc) is 2.90. The van der Waals surface area contributed by atoms with Crippen LogP contribution in [0, 0.1) is 31.0 Å². The molecule has 5 rings (SSSR count). The smallest absolute Gasteiger partial charge is 0.161 e. The van der Waals surface area contributed by atoms with Gasteiger partial charge in [-0.25, -0.2) is 4.39 Å². The number of anilines is 1. The van der Waals surface area contributed by atoms with E-state index >= 15 is 0 Å². The van der Waals surface area contributed by atoms with Gasteiger partial charge in [-0.15, -0.1) is 11.8 Å². The molecule has 1 aliphatic heterocycles. The number of benzene rings is 3. The predicted molar refractivity (Wildman–Crippen MR) is 151 cm³/mol. The maximum Gasteiger partial charge on any atom is 0.161 e. The second-order valence-electron chi connectivity index (χ2n) is 9.67. The van der Waals surface area contributed by atoms with Gasteiger partial charge >= 0.3 is 0 Å². The van der Waals surface area contributed by atoms with Crippen molar-refractivity contribution in [1.82, 2.24) is 0 Å². The van der Waals surface area contributed by atoms with Crippen LogP contribution in [0.1, 0.15) is 47.4 Å². The fourth-order valence-electron chi connectivity index (χ4n) is 5.39. The number of hydrogen-bond acceptors (Lipinski definition) is 5. The Morgan fingerprint density at radius 3 is 2.50 bits per heavy atom. The topological polar surface area (TPSA) is 70.1 Å². The number of thioether (sulfide) groups is 1. The molecule has 0 radical (unpaired) electrons. The van der Waals surface area contributed by atoms with Crippen LogP contribution in [0.5, 0.6) is 0 Å². The lowest BCUT2D eigenvalue weighted by Gasteiger charge is -2.40. The van der Waals surface area contributed by atoms with Gasteiger partial charge in [0.05, 0.1) is 17.6 Å². The normalized spacial score (nSPS) is 17.5. The second kappa shape index (κ2) is 10.7. The summed E-state index contributed by atoms with van der Waals surface area (Å²) in [7, 11) is 0. The lowest BCUT2D eigenvalue weighted by Crippen LogP contribution is -2.39. The molecule has 7 heteroatoms. The standard InChI is InChI=1S/C31H27ClFN3OS/c1-18-14-20(17-38-24-12-8-22(33)9-13-24)19(2)25(15-18)29-26(16-34)31(35)36(23-10-6-21(32)7-11-23)27-4-3-5-28(37)30(27)29/h6-15,29H,3-5,17,35H2,1-2H3. The zero-order chi connectivity index (χ0) is 27.0. The summed E-state index contributed by atoms with van der Waals surface area (Å²) in [6.07, 6.45) is 1.87. The maximum atomic E-state index is 13.5. The Morgan fingerprint density at radius 1 is 1.11 bits per heavy atom. The summed E-state index contributed by atoms with van der Waals surface area (Å²) < 4.78 is 13.4. The van der Waals surface area contributed by atoms with Crippen molar-refractivity contribution in [2.24, 2.45) is 5.73 Å². The first-order valence-electron chi connectivity index (χ1n) is 12.5. The Morgan fingerprint density at radius 2 is 1.82 bits per heavy atom. The molecule has 0 saturated carbocycles. The summed E-state index contributed by atoms with van der Waals surface area (Å²) in [5, 5.41) is 11.0. The quantitative estimate of drug-likeness (QED) is 0.334. The van der Waals surface area contributed by atoms with E-state index in [1.54, 1.807) is 36.0 Å². The van der Waals surface area contributed by atoms with Crippen molar-refractivity contribution in [3.63, 3.8) is 0 Å². The number of ketones is 1. The largest absolute Gasteiger partial charge is 0.384 e. The Kier molecular flexibility index (Phi) is 7.34. The third-order valence-electron chi connectivity index (χ3n) is 7.22. The van der Waals surface area contributed by atoms with E-state index in [1.807, 2.05) is 30.9 Å². The van der Waals surface area contributed by atoms with E-state index in [0.717, 1.165) is 45.0 Å². The molecule has 3 aromatic rings. The molecule has 0 fully saturated rings. The fraction of sp³-hybridized carbons (Fsp3) is 0.226. The first-order valence-corrected chi connectivity index (χ1v) is 13.8. The molecule has 1 heterocycles. The van der Waals surface area contributed by atoms with Gasteiger partial charge in [0.25, 0.3) is 0 Å². The van der Waals surface area contributed by atoms with Crippen LogP contribution in [0.2, 0.25) is 5.02 Å². The van der Waals surface area contributed by atoms with Gasteiger partial charge in [0, 0.05) is 39.0 Å². The van der Waals surface area contributed by atoms with Gasteiger partial charge in [0.15, 0.2) is 5.78 Å². The van der Waals surface area contributed by atoms with E-state index < -0.39 is 5.92 Å². The van der Waals surface area contributed by atoms with Gasteiger partial charge in [-0.05, 0) is 91.9 Å². The molecule has 3 aromatic carbocycles. The number of Topliss-reactive ketones (excluding diaryl/α,β-unsaturated/α-hetero) is 1. The molecule has 1 unspecified atom stereocenters. The zero-order valence-electron chi connectivity index (χ0n) is 21.2. The Bertz CT molecular complexity index is 1520. The number of nitriles is 1. The van der Waals surface area contributed by atoms with Crippen LogP contribution >= 0.6 is 23.4 Å². The highest BCUT2D eigenvalue weighted by Crippen LogP contribution is 2.47.